The van der Waals surface area contributed by atoms with Crippen molar-refractivity contribution in [1.29, 1.82) is 0 Å². The summed E-state index contributed by atoms with van der Waals surface area (Å²) in [6.45, 7) is 12.0. The Morgan fingerprint density at radius 3 is 1.16 bits per heavy atom. The highest BCUT2D eigenvalue weighted by molar-refractivity contribution is 4.94. The van der Waals surface area contributed by atoms with Gasteiger partial charge < -0.3 is 25.5 Å². The first-order valence-corrected chi connectivity index (χ1v) is 23.5. The number of allylic oxidation sites excluding steroid dienone is 12. The van der Waals surface area contributed by atoms with Gasteiger partial charge in [0.2, 0.25) is 0 Å². The smallest absolute Gasteiger partial charge is 0.0667 e. The largest absolute Gasteiger partial charge is 0.392 e. The molecular formula is C50H93N3O3. The highest BCUT2D eigenvalue weighted by Crippen LogP contribution is 2.11. The lowest BCUT2D eigenvalue weighted by molar-refractivity contribution is 0.0565. The molecule has 326 valence electrons. The highest BCUT2D eigenvalue weighted by Gasteiger charge is 2.16. The number of unbranched alkanes of at least 4 members (excludes halogenated alkanes) is 12. The zero-order chi connectivity index (χ0) is 41.0. The van der Waals surface area contributed by atoms with E-state index in [1.54, 1.807) is 0 Å². The first-order valence-electron chi connectivity index (χ1n) is 23.5. The zero-order valence-electron chi connectivity index (χ0n) is 37.3. The van der Waals surface area contributed by atoms with Gasteiger partial charge in [-0.15, -0.1) is 0 Å². The molecule has 0 spiro atoms. The number of likely N-dealkylation sites (N-methyl/N-ethyl adjacent to an activating group) is 1. The third-order valence-electron chi connectivity index (χ3n) is 10.3. The third kappa shape index (κ3) is 41.8. The second-order valence-corrected chi connectivity index (χ2v) is 16.0. The van der Waals surface area contributed by atoms with Crippen molar-refractivity contribution in [3.8, 4) is 0 Å². The zero-order valence-corrected chi connectivity index (χ0v) is 37.3. The van der Waals surface area contributed by atoms with Gasteiger partial charge in [-0.2, -0.15) is 0 Å². The molecule has 0 rings (SSSR count). The molecule has 0 aliphatic carbocycles. The Kier molecular flexibility index (Phi) is 42.9. The average Bonchev–Trinajstić information content (AvgIpc) is 3.18. The van der Waals surface area contributed by atoms with Crippen molar-refractivity contribution in [2.75, 3.05) is 52.9 Å². The number of hydrogen-bond acceptors (Lipinski definition) is 6. The van der Waals surface area contributed by atoms with E-state index in [4.69, 9.17) is 0 Å². The minimum atomic E-state index is -0.379. The fourth-order valence-electron chi connectivity index (χ4n) is 6.51. The van der Waals surface area contributed by atoms with Crippen molar-refractivity contribution >= 4 is 0 Å². The molecule has 0 aliphatic rings. The van der Waals surface area contributed by atoms with Gasteiger partial charge in [0.15, 0.2) is 0 Å². The number of hydrogen-bond donors (Lipinski definition) is 4. The van der Waals surface area contributed by atoms with Gasteiger partial charge in [-0.05, 0) is 103 Å². The molecule has 3 unspecified atom stereocenters. The van der Waals surface area contributed by atoms with Crippen LogP contribution in [0.5, 0.6) is 0 Å². The van der Waals surface area contributed by atoms with Crippen LogP contribution in [0.4, 0.5) is 0 Å². The van der Waals surface area contributed by atoms with Gasteiger partial charge in [0.05, 0.1) is 18.3 Å². The molecule has 3 atom stereocenters. The minimum absolute atomic E-state index is 0.300. The highest BCUT2D eigenvalue weighted by atomic mass is 16.3. The molecule has 0 aromatic carbocycles. The maximum absolute atomic E-state index is 11.0. The van der Waals surface area contributed by atoms with Gasteiger partial charge in [-0.3, -0.25) is 4.90 Å². The Morgan fingerprint density at radius 1 is 0.429 bits per heavy atom. The Balaban J connectivity index is 4.53. The van der Waals surface area contributed by atoms with Crippen molar-refractivity contribution in [2.24, 2.45) is 0 Å². The number of nitrogens with one attached hydrogen (secondary N) is 1. The summed E-state index contributed by atoms with van der Waals surface area (Å²) >= 11 is 0. The summed E-state index contributed by atoms with van der Waals surface area (Å²) in [5.41, 5.74) is 0. The minimum Gasteiger partial charge on any atom is -0.392 e. The lowest BCUT2D eigenvalue weighted by Gasteiger charge is -2.29. The van der Waals surface area contributed by atoms with Crippen LogP contribution in [0, 0.1) is 0 Å². The summed E-state index contributed by atoms with van der Waals surface area (Å²) in [5, 5.41) is 35.9. The lowest BCUT2D eigenvalue weighted by atomic mass is 10.1. The maximum atomic E-state index is 11.0. The second kappa shape index (κ2) is 44.3. The molecule has 0 aromatic heterocycles. The molecule has 0 aliphatic heterocycles. The quantitative estimate of drug-likeness (QED) is 0.0365. The fourth-order valence-corrected chi connectivity index (χ4v) is 6.51. The Hall–Kier alpha value is -1.80. The van der Waals surface area contributed by atoms with E-state index < -0.39 is 0 Å². The first kappa shape index (κ1) is 54.2. The van der Waals surface area contributed by atoms with E-state index in [1.807, 2.05) is 0 Å². The number of rotatable bonds is 42. The maximum Gasteiger partial charge on any atom is 0.0667 e. The van der Waals surface area contributed by atoms with Crippen LogP contribution in [0.2, 0.25) is 0 Å². The SMILES string of the molecule is CCCC/C=C\C/C=C\CCCCC(O)CNCCN(C)CCN(CC(O)CCCC/C=C\C/C=C\CCCC)CC(O)CCCC/C=C\C/C=C\CCCC. The average molecular weight is 784 g/mol. The van der Waals surface area contributed by atoms with E-state index in [0.29, 0.717) is 19.6 Å². The van der Waals surface area contributed by atoms with Gasteiger partial charge in [0, 0.05) is 45.8 Å². The van der Waals surface area contributed by atoms with E-state index in [-0.39, 0.29) is 18.3 Å². The van der Waals surface area contributed by atoms with Crippen molar-refractivity contribution in [3.63, 3.8) is 0 Å². The number of aliphatic hydroxyl groups is 3. The molecule has 0 heterocycles. The second-order valence-electron chi connectivity index (χ2n) is 16.0. The first-order chi connectivity index (χ1) is 27.4. The molecule has 4 N–H and O–H groups in total. The molecule has 0 aromatic rings. The van der Waals surface area contributed by atoms with E-state index >= 15 is 0 Å². The molecule has 6 heteroatoms. The summed E-state index contributed by atoms with van der Waals surface area (Å²) < 4.78 is 0. The summed E-state index contributed by atoms with van der Waals surface area (Å²) in [6, 6.07) is 0. The van der Waals surface area contributed by atoms with Crippen molar-refractivity contribution < 1.29 is 15.3 Å². The van der Waals surface area contributed by atoms with Crippen LogP contribution in [0.25, 0.3) is 0 Å². The summed E-state index contributed by atoms with van der Waals surface area (Å²) in [4.78, 5) is 4.59. The van der Waals surface area contributed by atoms with E-state index in [1.165, 1.54) is 57.8 Å². The standard InChI is InChI=1S/C50H93N3O3/c1-5-8-11-14-17-20-23-26-29-32-35-38-48(54)45-51-41-42-52(4)43-44-53(46-49(55)39-36-33-30-27-24-21-18-15-12-9-6-2)47-50(56)40-37-34-31-28-25-22-19-16-13-10-7-3/h14-19,23-28,48-51,54-56H,5-13,20-22,29-47H2,1-4H3/b17-14-,18-15-,19-16-,26-23-,27-24-,28-25-. The van der Waals surface area contributed by atoms with E-state index in [9.17, 15) is 15.3 Å². The number of aliphatic hydroxyl groups excluding tert-OH is 3. The summed E-state index contributed by atoms with van der Waals surface area (Å²) in [5.74, 6) is 0. The van der Waals surface area contributed by atoms with Gasteiger partial charge in [-0.1, -0.05) is 151 Å². The predicted octanol–water partition coefficient (Wildman–Crippen LogP) is 11.7. The summed E-state index contributed by atoms with van der Waals surface area (Å²) in [6.07, 6.45) is 52.4. The molecule has 0 amide bonds. The van der Waals surface area contributed by atoms with Gasteiger partial charge >= 0.3 is 0 Å². The number of nitrogens with zero attached hydrogens (tertiary/aromatic N) is 2. The molecule has 56 heavy (non-hydrogen) atoms. The predicted molar refractivity (Wildman–Crippen MR) is 247 cm³/mol. The lowest BCUT2D eigenvalue weighted by Crippen LogP contribution is -2.43. The van der Waals surface area contributed by atoms with Crippen LogP contribution in [0.1, 0.15) is 175 Å². The van der Waals surface area contributed by atoms with Gasteiger partial charge in [0.1, 0.15) is 0 Å². The normalized spacial score (nSPS) is 14.5. The van der Waals surface area contributed by atoms with E-state index in [2.05, 4.69) is 116 Å². The van der Waals surface area contributed by atoms with Crippen LogP contribution in [0.3, 0.4) is 0 Å². The Morgan fingerprint density at radius 2 is 0.786 bits per heavy atom. The molecule has 0 saturated carbocycles. The van der Waals surface area contributed by atoms with Crippen LogP contribution in [-0.4, -0.2) is 96.3 Å². The molecule has 0 saturated heterocycles. The molecule has 6 nitrogen and oxygen atoms in total. The molecule has 0 bridgehead atoms. The van der Waals surface area contributed by atoms with Gasteiger partial charge in [0.25, 0.3) is 0 Å². The van der Waals surface area contributed by atoms with Crippen LogP contribution in [0.15, 0.2) is 72.9 Å². The summed E-state index contributed by atoms with van der Waals surface area (Å²) in [7, 11) is 2.14. The monoisotopic (exact) mass is 784 g/mol. The van der Waals surface area contributed by atoms with Crippen molar-refractivity contribution in [1.82, 2.24) is 15.1 Å². The third-order valence-corrected chi connectivity index (χ3v) is 10.3. The van der Waals surface area contributed by atoms with Gasteiger partial charge in [-0.25, -0.2) is 0 Å². The molecule has 0 radical (unpaired) electrons. The van der Waals surface area contributed by atoms with E-state index in [0.717, 1.165) is 122 Å². The van der Waals surface area contributed by atoms with Crippen LogP contribution < -0.4 is 5.32 Å². The Labute approximate surface area is 348 Å². The molecule has 0 fully saturated rings. The van der Waals surface area contributed by atoms with Crippen molar-refractivity contribution in [3.05, 3.63) is 72.9 Å². The topological polar surface area (TPSA) is 79.2 Å². The van der Waals surface area contributed by atoms with Crippen LogP contribution in [-0.2, 0) is 0 Å². The van der Waals surface area contributed by atoms with Crippen molar-refractivity contribution in [2.45, 2.75) is 193 Å². The van der Waals surface area contributed by atoms with Crippen LogP contribution >= 0.6 is 0 Å². The molecular weight excluding hydrogens is 691 g/mol. The fraction of sp³-hybridized carbons (Fsp3) is 0.760. The Bertz CT molecular complexity index is 929.